The van der Waals surface area contributed by atoms with Crippen molar-refractivity contribution in [3.05, 3.63) is 29.6 Å². The molecule has 88 valence electrons. The van der Waals surface area contributed by atoms with Crippen LogP contribution in [0.15, 0.2) is 18.3 Å². The number of nitrogens with zero attached hydrogens (tertiary/aromatic N) is 2. The van der Waals surface area contributed by atoms with Crippen molar-refractivity contribution in [1.82, 2.24) is 15.2 Å². The first-order chi connectivity index (χ1) is 7.74. The van der Waals surface area contributed by atoms with E-state index >= 15 is 0 Å². The average Bonchev–Trinajstić information content (AvgIpc) is 2.30. The summed E-state index contributed by atoms with van der Waals surface area (Å²) in [5.74, 6) is 0. The maximum Gasteiger partial charge on any atom is 0.0541 e. The zero-order valence-corrected chi connectivity index (χ0v) is 10.2. The molecule has 1 aromatic rings. The number of aryl methyl sites for hydroxylation is 1. The molecule has 1 aliphatic rings. The van der Waals surface area contributed by atoms with Crippen LogP contribution in [0.5, 0.6) is 0 Å². The molecule has 2 heterocycles. The fraction of sp³-hybridized carbons (Fsp3) is 0.615. The quantitative estimate of drug-likeness (QED) is 0.836. The summed E-state index contributed by atoms with van der Waals surface area (Å²) in [6, 6.07) is 4.90. The number of hydrogen-bond donors (Lipinski definition) is 1. The number of piperidine rings is 1. The lowest BCUT2D eigenvalue weighted by atomic mass is 10.1. The lowest BCUT2D eigenvalue weighted by molar-refractivity contribution is 0.233. The van der Waals surface area contributed by atoms with Gasteiger partial charge in [0.2, 0.25) is 0 Å². The Morgan fingerprint density at radius 2 is 2.12 bits per heavy atom. The molecule has 0 spiro atoms. The molecule has 0 radical (unpaired) electrons. The molecule has 0 aliphatic carbocycles. The third-order valence-electron chi connectivity index (χ3n) is 3.26. The van der Waals surface area contributed by atoms with E-state index in [4.69, 9.17) is 0 Å². The number of likely N-dealkylation sites (tertiary alicyclic amines) is 1. The van der Waals surface area contributed by atoms with E-state index in [1.807, 2.05) is 6.20 Å². The molecule has 0 atom stereocenters. The van der Waals surface area contributed by atoms with Crippen molar-refractivity contribution >= 4 is 0 Å². The third-order valence-corrected chi connectivity index (χ3v) is 3.26. The SMILES string of the molecule is Cc1ccc(CNC2CCN(C)CC2)nc1. The summed E-state index contributed by atoms with van der Waals surface area (Å²) in [6.07, 6.45) is 4.44. The highest BCUT2D eigenvalue weighted by Crippen LogP contribution is 2.09. The average molecular weight is 219 g/mol. The molecule has 0 amide bonds. The molecule has 3 nitrogen and oxygen atoms in total. The zero-order valence-electron chi connectivity index (χ0n) is 10.2. The Hall–Kier alpha value is -0.930. The summed E-state index contributed by atoms with van der Waals surface area (Å²) < 4.78 is 0. The number of hydrogen-bond acceptors (Lipinski definition) is 3. The highest BCUT2D eigenvalue weighted by atomic mass is 15.1. The van der Waals surface area contributed by atoms with E-state index in [0.717, 1.165) is 12.2 Å². The maximum absolute atomic E-state index is 4.40. The molecular formula is C13H21N3. The molecule has 2 rings (SSSR count). The van der Waals surface area contributed by atoms with Crippen LogP contribution in [0.1, 0.15) is 24.1 Å². The van der Waals surface area contributed by atoms with E-state index in [1.54, 1.807) is 0 Å². The van der Waals surface area contributed by atoms with Gasteiger partial charge in [-0.15, -0.1) is 0 Å². The van der Waals surface area contributed by atoms with Gasteiger partial charge in [0, 0.05) is 18.8 Å². The van der Waals surface area contributed by atoms with Crippen LogP contribution in [-0.2, 0) is 6.54 Å². The summed E-state index contributed by atoms with van der Waals surface area (Å²) in [6.45, 7) is 5.38. The Morgan fingerprint density at radius 1 is 1.38 bits per heavy atom. The van der Waals surface area contributed by atoms with Crippen LogP contribution < -0.4 is 5.32 Å². The van der Waals surface area contributed by atoms with Crippen LogP contribution in [0.25, 0.3) is 0 Å². The van der Waals surface area contributed by atoms with Gasteiger partial charge in [-0.2, -0.15) is 0 Å². The fourth-order valence-electron chi connectivity index (χ4n) is 2.06. The molecule has 0 aromatic carbocycles. The van der Waals surface area contributed by atoms with Gasteiger partial charge in [-0.25, -0.2) is 0 Å². The van der Waals surface area contributed by atoms with E-state index in [-0.39, 0.29) is 0 Å². The van der Waals surface area contributed by atoms with Gasteiger partial charge in [-0.3, -0.25) is 4.98 Å². The third kappa shape index (κ3) is 3.29. The van der Waals surface area contributed by atoms with E-state index in [0.29, 0.717) is 6.04 Å². The summed E-state index contributed by atoms with van der Waals surface area (Å²) in [5.41, 5.74) is 2.37. The van der Waals surface area contributed by atoms with Crippen molar-refractivity contribution in [2.75, 3.05) is 20.1 Å². The van der Waals surface area contributed by atoms with Gasteiger partial charge < -0.3 is 10.2 Å². The highest BCUT2D eigenvalue weighted by Gasteiger charge is 2.15. The van der Waals surface area contributed by atoms with Gasteiger partial charge in [-0.05, 0) is 51.5 Å². The fourth-order valence-corrected chi connectivity index (χ4v) is 2.06. The number of rotatable bonds is 3. The van der Waals surface area contributed by atoms with Crippen LogP contribution >= 0.6 is 0 Å². The van der Waals surface area contributed by atoms with Crippen LogP contribution in [0.2, 0.25) is 0 Å². The van der Waals surface area contributed by atoms with Crippen molar-refractivity contribution in [1.29, 1.82) is 0 Å². The topological polar surface area (TPSA) is 28.2 Å². The molecule has 1 N–H and O–H groups in total. The molecule has 0 bridgehead atoms. The predicted molar refractivity (Wildman–Crippen MR) is 66.3 cm³/mol. The van der Waals surface area contributed by atoms with Gasteiger partial charge in [0.15, 0.2) is 0 Å². The predicted octanol–water partition coefficient (Wildman–Crippen LogP) is 1.57. The van der Waals surface area contributed by atoms with Gasteiger partial charge in [0.25, 0.3) is 0 Å². The minimum atomic E-state index is 0.666. The normalized spacial score (nSPS) is 18.9. The van der Waals surface area contributed by atoms with Crippen LogP contribution in [-0.4, -0.2) is 36.1 Å². The second-order valence-corrected chi connectivity index (χ2v) is 4.79. The molecule has 0 unspecified atom stereocenters. The van der Waals surface area contributed by atoms with E-state index in [1.165, 1.54) is 31.5 Å². The minimum Gasteiger partial charge on any atom is -0.308 e. The molecule has 1 aliphatic heterocycles. The summed E-state index contributed by atoms with van der Waals surface area (Å²) in [5, 5.41) is 3.59. The maximum atomic E-state index is 4.40. The second-order valence-electron chi connectivity index (χ2n) is 4.79. The standard InChI is InChI=1S/C13H21N3/c1-11-3-4-13(14-9-11)10-15-12-5-7-16(2)8-6-12/h3-4,9,12,15H,5-8,10H2,1-2H3. The van der Waals surface area contributed by atoms with E-state index in [9.17, 15) is 0 Å². The monoisotopic (exact) mass is 219 g/mol. The summed E-state index contributed by atoms with van der Waals surface area (Å²) in [4.78, 5) is 6.80. The van der Waals surface area contributed by atoms with E-state index in [2.05, 4.69) is 41.3 Å². The minimum absolute atomic E-state index is 0.666. The zero-order chi connectivity index (χ0) is 11.4. The first kappa shape index (κ1) is 11.6. The lowest BCUT2D eigenvalue weighted by Gasteiger charge is -2.29. The molecule has 3 heteroatoms. The Labute approximate surface area is 97.9 Å². The molecule has 1 aromatic heterocycles. The Bertz CT molecular complexity index is 312. The van der Waals surface area contributed by atoms with Crippen LogP contribution in [0.3, 0.4) is 0 Å². The summed E-state index contributed by atoms with van der Waals surface area (Å²) in [7, 11) is 2.19. The van der Waals surface area contributed by atoms with Gasteiger partial charge in [-0.1, -0.05) is 6.07 Å². The Kier molecular flexibility index (Phi) is 3.91. The van der Waals surface area contributed by atoms with E-state index < -0.39 is 0 Å². The molecule has 0 saturated carbocycles. The first-order valence-corrected chi connectivity index (χ1v) is 6.07. The lowest BCUT2D eigenvalue weighted by Crippen LogP contribution is -2.40. The molecule has 1 fully saturated rings. The Morgan fingerprint density at radius 3 is 2.75 bits per heavy atom. The Balaban J connectivity index is 1.77. The molecule has 16 heavy (non-hydrogen) atoms. The smallest absolute Gasteiger partial charge is 0.0541 e. The van der Waals surface area contributed by atoms with Gasteiger partial charge >= 0.3 is 0 Å². The summed E-state index contributed by atoms with van der Waals surface area (Å²) >= 11 is 0. The molecular weight excluding hydrogens is 198 g/mol. The van der Waals surface area contributed by atoms with Crippen molar-refractivity contribution in [3.63, 3.8) is 0 Å². The largest absolute Gasteiger partial charge is 0.308 e. The number of nitrogens with one attached hydrogen (secondary N) is 1. The van der Waals surface area contributed by atoms with Crippen LogP contribution in [0.4, 0.5) is 0 Å². The highest BCUT2D eigenvalue weighted by molar-refractivity contribution is 5.12. The van der Waals surface area contributed by atoms with Gasteiger partial charge in [0.05, 0.1) is 5.69 Å². The van der Waals surface area contributed by atoms with Crippen molar-refractivity contribution in [2.24, 2.45) is 0 Å². The van der Waals surface area contributed by atoms with Gasteiger partial charge in [0.1, 0.15) is 0 Å². The first-order valence-electron chi connectivity index (χ1n) is 6.07. The number of pyridine rings is 1. The second kappa shape index (κ2) is 5.41. The van der Waals surface area contributed by atoms with Crippen molar-refractivity contribution in [2.45, 2.75) is 32.4 Å². The van der Waals surface area contributed by atoms with Crippen molar-refractivity contribution < 1.29 is 0 Å². The number of aromatic nitrogens is 1. The van der Waals surface area contributed by atoms with Crippen LogP contribution in [0, 0.1) is 6.92 Å². The van der Waals surface area contributed by atoms with Crippen molar-refractivity contribution in [3.8, 4) is 0 Å². The molecule has 1 saturated heterocycles.